The van der Waals surface area contributed by atoms with Crippen LogP contribution in [0.2, 0.25) is 0 Å². The van der Waals surface area contributed by atoms with E-state index in [9.17, 15) is 9.59 Å². The number of halogens is 1. The summed E-state index contributed by atoms with van der Waals surface area (Å²) in [5.74, 6) is 1.94. The van der Waals surface area contributed by atoms with Crippen molar-refractivity contribution in [2.75, 3.05) is 46.3 Å². The average Bonchev–Trinajstić information content (AvgIpc) is 3.39. The summed E-state index contributed by atoms with van der Waals surface area (Å²) in [6.07, 6.45) is 8.99. The van der Waals surface area contributed by atoms with Crippen LogP contribution in [0.3, 0.4) is 0 Å². The molecule has 2 heterocycles. The second-order valence-electron chi connectivity index (χ2n) is 9.16. The van der Waals surface area contributed by atoms with E-state index in [0.29, 0.717) is 13.1 Å². The van der Waals surface area contributed by atoms with Gasteiger partial charge in [-0.2, -0.15) is 0 Å². The molecule has 2 N–H and O–H groups in total. The van der Waals surface area contributed by atoms with Crippen LogP contribution in [-0.2, 0) is 9.59 Å². The smallest absolute Gasteiger partial charge is 0.233 e. The van der Waals surface area contributed by atoms with Crippen molar-refractivity contribution in [3.05, 3.63) is 12.2 Å². The minimum Gasteiger partial charge on any atom is -0.356 e. The molecule has 7 nitrogen and oxygen atoms in total. The molecule has 168 valence electrons. The molecule has 8 heteroatoms. The number of hydrogen-bond donors (Lipinski definition) is 2. The van der Waals surface area contributed by atoms with Crippen molar-refractivity contribution in [1.29, 1.82) is 0 Å². The van der Waals surface area contributed by atoms with Gasteiger partial charge in [-0.25, -0.2) is 0 Å². The van der Waals surface area contributed by atoms with E-state index < -0.39 is 0 Å². The summed E-state index contributed by atoms with van der Waals surface area (Å²) in [6, 6.07) is 0. The topological polar surface area (TPSA) is 77.0 Å². The number of amides is 2. The number of carbonyl (C=O) groups excluding carboxylic acids is 2. The van der Waals surface area contributed by atoms with Crippen molar-refractivity contribution in [3.63, 3.8) is 0 Å². The molecule has 2 aliphatic heterocycles. The first-order valence-electron chi connectivity index (χ1n) is 11.3. The molecule has 4 rings (SSSR count). The molecule has 5 unspecified atom stereocenters. The van der Waals surface area contributed by atoms with Crippen LogP contribution in [0, 0.1) is 29.6 Å². The van der Waals surface area contributed by atoms with Gasteiger partial charge in [-0.15, -0.1) is 24.0 Å². The monoisotopic (exact) mass is 529 g/mol. The molecule has 0 aromatic carbocycles. The fourth-order valence-corrected chi connectivity index (χ4v) is 5.69. The molecule has 30 heavy (non-hydrogen) atoms. The first-order chi connectivity index (χ1) is 14.1. The summed E-state index contributed by atoms with van der Waals surface area (Å²) in [5.41, 5.74) is 0. The molecule has 0 radical (unpaired) electrons. The van der Waals surface area contributed by atoms with Crippen molar-refractivity contribution in [2.45, 2.75) is 32.6 Å². The molecule has 2 amide bonds. The average molecular weight is 529 g/mol. The predicted octanol–water partition coefficient (Wildman–Crippen LogP) is 1.70. The summed E-state index contributed by atoms with van der Waals surface area (Å²) in [7, 11) is 1.75. The Bertz CT molecular complexity index is 667. The third-order valence-corrected chi connectivity index (χ3v) is 7.10. The minimum atomic E-state index is -0.104. The van der Waals surface area contributed by atoms with Gasteiger partial charge in [0.2, 0.25) is 11.8 Å². The number of fused-ring (bicyclic) bond motifs is 5. The summed E-state index contributed by atoms with van der Waals surface area (Å²) < 4.78 is 0. The number of nitrogens with one attached hydrogen (secondary N) is 2. The molecule has 1 saturated carbocycles. The Hall–Kier alpha value is -1.16. The highest BCUT2D eigenvalue weighted by Gasteiger charge is 2.58. The van der Waals surface area contributed by atoms with Crippen LogP contribution in [0.15, 0.2) is 17.1 Å². The number of likely N-dealkylation sites (tertiary alicyclic amines) is 2. The van der Waals surface area contributed by atoms with E-state index in [2.05, 4.69) is 39.6 Å². The maximum Gasteiger partial charge on any atom is 0.233 e. The Morgan fingerprint density at radius 1 is 1.10 bits per heavy atom. The Morgan fingerprint density at radius 2 is 1.77 bits per heavy atom. The van der Waals surface area contributed by atoms with E-state index in [1.165, 1.54) is 30.8 Å². The molecule has 0 aromatic heterocycles. The lowest BCUT2D eigenvalue weighted by atomic mass is 9.85. The number of allylic oxidation sites excluding steroid dienone is 2. The largest absolute Gasteiger partial charge is 0.356 e. The van der Waals surface area contributed by atoms with Gasteiger partial charge in [0.15, 0.2) is 5.96 Å². The van der Waals surface area contributed by atoms with Gasteiger partial charge in [-0.05, 0) is 56.5 Å². The van der Waals surface area contributed by atoms with E-state index in [4.69, 9.17) is 0 Å². The van der Waals surface area contributed by atoms with Crippen LogP contribution in [-0.4, -0.2) is 73.9 Å². The molecule has 5 atom stereocenters. The first-order valence-corrected chi connectivity index (χ1v) is 11.3. The lowest BCUT2D eigenvalue weighted by Gasteiger charge is -2.30. The van der Waals surface area contributed by atoms with Crippen molar-refractivity contribution in [2.24, 2.45) is 34.6 Å². The van der Waals surface area contributed by atoms with Gasteiger partial charge < -0.3 is 15.5 Å². The number of nitrogens with zero attached hydrogens (tertiary/aromatic N) is 3. The molecule has 2 bridgehead atoms. The van der Waals surface area contributed by atoms with E-state index in [-0.39, 0.29) is 59.5 Å². The van der Waals surface area contributed by atoms with Gasteiger partial charge in [-0.1, -0.05) is 19.1 Å². The Labute approximate surface area is 197 Å². The molecule has 3 fully saturated rings. The van der Waals surface area contributed by atoms with Crippen molar-refractivity contribution >= 4 is 41.8 Å². The van der Waals surface area contributed by atoms with Crippen molar-refractivity contribution in [1.82, 2.24) is 20.4 Å². The highest BCUT2D eigenvalue weighted by molar-refractivity contribution is 14.0. The molecule has 0 aromatic rings. The maximum atomic E-state index is 12.7. The quantitative estimate of drug-likeness (QED) is 0.131. The second-order valence-corrected chi connectivity index (χ2v) is 9.16. The zero-order valence-corrected chi connectivity index (χ0v) is 20.5. The minimum absolute atomic E-state index is 0. The Kier molecular flexibility index (Phi) is 8.17. The molecular formula is C22H36IN5O2. The Balaban J connectivity index is 0.00000256. The molecule has 2 aliphatic carbocycles. The summed E-state index contributed by atoms with van der Waals surface area (Å²) in [6.45, 7) is 7.69. The van der Waals surface area contributed by atoms with Gasteiger partial charge in [0.1, 0.15) is 0 Å². The van der Waals surface area contributed by atoms with Crippen LogP contribution in [0.5, 0.6) is 0 Å². The lowest BCUT2D eigenvalue weighted by Crippen LogP contribution is -2.44. The van der Waals surface area contributed by atoms with E-state index in [1.807, 2.05) is 0 Å². The highest BCUT2D eigenvalue weighted by Crippen LogP contribution is 2.52. The van der Waals surface area contributed by atoms with Crippen LogP contribution in [0.4, 0.5) is 0 Å². The molecular weight excluding hydrogens is 493 g/mol. The zero-order chi connectivity index (χ0) is 20.4. The number of imide groups is 1. The van der Waals surface area contributed by atoms with Crippen molar-refractivity contribution in [3.8, 4) is 0 Å². The maximum absolute atomic E-state index is 12.7. The number of guanidine groups is 1. The van der Waals surface area contributed by atoms with Crippen LogP contribution >= 0.6 is 24.0 Å². The van der Waals surface area contributed by atoms with E-state index in [0.717, 1.165) is 37.8 Å². The van der Waals surface area contributed by atoms with E-state index >= 15 is 0 Å². The third kappa shape index (κ3) is 4.84. The number of rotatable bonds is 7. The Morgan fingerprint density at radius 3 is 2.40 bits per heavy atom. The number of aliphatic imine (C=N–C) groups is 1. The summed E-state index contributed by atoms with van der Waals surface area (Å²) >= 11 is 0. The molecule has 0 spiro atoms. The SMILES string of the molecule is CN=C(NCCCN1CCCC(C)C1)NCCN1C(=O)C2C3C=CC(C3)C2C1=O.I. The number of carbonyl (C=O) groups is 2. The van der Waals surface area contributed by atoms with Crippen molar-refractivity contribution < 1.29 is 9.59 Å². The summed E-state index contributed by atoms with van der Waals surface area (Å²) in [4.78, 5) is 33.7. The fourth-order valence-electron chi connectivity index (χ4n) is 5.69. The van der Waals surface area contributed by atoms with E-state index in [1.54, 1.807) is 7.05 Å². The number of piperidine rings is 1. The van der Waals surface area contributed by atoms with Gasteiger partial charge in [0.25, 0.3) is 0 Å². The zero-order valence-electron chi connectivity index (χ0n) is 18.2. The first kappa shape index (κ1) is 23.5. The fraction of sp³-hybridized carbons (Fsp3) is 0.773. The van der Waals surface area contributed by atoms with Crippen LogP contribution < -0.4 is 10.6 Å². The summed E-state index contributed by atoms with van der Waals surface area (Å²) in [5, 5.41) is 6.60. The molecule has 4 aliphatic rings. The van der Waals surface area contributed by atoms with Crippen LogP contribution in [0.1, 0.15) is 32.6 Å². The lowest BCUT2D eigenvalue weighted by molar-refractivity contribution is -0.140. The normalized spacial score (nSPS) is 33.1. The van der Waals surface area contributed by atoms with Gasteiger partial charge in [-0.3, -0.25) is 19.5 Å². The van der Waals surface area contributed by atoms with Crippen LogP contribution in [0.25, 0.3) is 0 Å². The highest BCUT2D eigenvalue weighted by atomic mass is 127. The third-order valence-electron chi connectivity index (χ3n) is 7.10. The van der Waals surface area contributed by atoms with Gasteiger partial charge in [0, 0.05) is 33.2 Å². The van der Waals surface area contributed by atoms with Gasteiger partial charge in [0.05, 0.1) is 11.8 Å². The van der Waals surface area contributed by atoms with Gasteiger partial charge >= 0.3 is 0 Å². The predicted molar refractivity (Wildman–Crippen MR) is 129 cm³/mol. The standard InChI is InChI=1S/C22H35N5O2.HI/c1-15-5-3-10-26(14-15)11-4-8-24-22(23-2)25-9-12-27-20(28)18-16-6-7-17(13-16)19(18)21(27)29;/h6-7,15-19H,3-5,8-14H2,1-2H3,(H2,23,24,25);1H. The molecule has 2 saturated heterocycles. The second kappa shape index (κ2) is 10.4. The number of hydrogen-bond acceptors (Lipinski definition) is 4.